The van der Waals surface area contributed by atoms with E-state index in [9.17, 15) is 14.4 Å². The van der Waals surface area contributed by atoms with E-state index >= 15 is 0 Å². The van der Waals surface area contributed by atoms with Crippen LogP contribution in [-0.4, -0.2) is 86.9 Å². The van der Waals surface area contributed by atoms with E-state index < -0.39 is 72.7 Å². The Bertz CT molecular complexity index is 727. The summed E-state index contributed by atoms with van der Waals surface area (Å²) in [5.74, 6) is -2.56. The molecule has 3 aliphatic rings. The Morgan fingerprint density at radius 2 is 1.64 bits per heavy atom. The molecule has 0 saturated carbocycles. The lowest BCUT2D eigenvalue weighted by Crippen LogP contribution is -2.60. The van der Waals surface area contributed by atoms with E-state index in [0.29, 0.717) is 19.3 Å². The minimum absolute atomic E-state index is 0.156. The van der Waals surface area contributed by atoms with Gasteiger partial charge in [-0.15, -0.1) is 0 Å². The summed E-state index contributed by atoms with van der Waals surface area (Å²) < 4.78 is 45.7. The van der Waals surface area contributed by atoms with Gasteiger partial charge in [-0.25, -0.2) is 0 Å². The summed E-state index contributed by atoms with van der Waals surface area (Å²) in [7, 11) is 3.06. The maximum absolute atomic E-state index is 12.0. The van der Waals surface area contributed by atoms with E-state index in [4.69, 9.17) is 37.9 Å². The first-order chi connectivity index (χ1) is 15.5. The third kappa shape index (κ3) is 6.21. The second-order valence-corrected chi connectivity index (χ2v) is 8.79. The molecule has 0 radical (unpaired) electrons. The first kappa shape index (κ1) is 25.8. The summed E-state index contributed by atoms with van der Waals surface area (Å²) in [4.78, 5) is 35.7. The standard InChI is InChI=1S/C22H34O11/c1-11(23)28-15(14-7-8-18(26-5)32-14)9-16-19(29-12(2)24)21(30-13(3)25)20-17(31-16)10-22(4,27-6)33-20/h14-21H,7-10H2,1-6H3/t14-,15+,16+,17-,18+,19+,20+,21+,22+/m0/s1. The van der Waals surface area contributed by atoms with Gasteiger partial charge < -0.3 is 37.9 Å². The lowest BCUT2D eigenvalue weighted by atomic mass is 9.89. The van der Waals surface area contributed by atoms with Gasteiger partial charge in [-0.3, -0.25) is 14.4 Å². The average Bonchev–Trinajstić information content (AvgIpc) is 3.33. The van der Waals surface area contributed by atoms with Gasteiger partial charge in [0.15, 0.2) is 24.3 Å². The van der Waals surface area contributed by atoms with Crippen molar-refractivity contribution in [1.82, 2.24) is 0 Å². The minimum Gasteiger partial charge on any atom is -0.460 e. The van der Waals surface area contributed by atoms with Crippen LogP contribution in [0.4, 0.5) is 0 Å². The maximum Gasteiger partial charge on any atom is 0.303 e. The second kappa shape index (κ2) is 10.6. The highest BCUT2D eigenvalue weighted by Gasteiger charge is 2.58. The normalized spacial score (nSPS) is 38.9. The molecule has 0 unspecified atom stereocenters. The first-order valence-corrected chi connectivity index (χ1v) is 11.1. The monoisotopic (exact) mass is 474 g/mol. The lowest BCUT2D eigenvalue weighted by Gasteiger charge is -2.43. The number of carbonyl (C=O) groups is 3. The summed E-state index contributed by atoms with van der Waals surface area (Å²) in [5, 5.41) is 0. The van der Waals surface area contributed by atoms with Crippen LogP contribution in [0.15, 0.2) is 0 Å². The summed E-state index contributed by atoms with van der Waals surface area (Å²) in [6.07, 6.45) is -3.56. The highest BCUT2D eigenvalue weighted by atomic mass is 16.7. The zero-order valence-corrected chi connectivity index (χ0v) is 19.9. The van der Waals surface area contributed by atoms with Crippen molar-refractivity contribution in [2.45, 2.75) is 108 Å². The number of fused-ring (bicyclic) bond motifs is 1. The highest BCUT2D eigenvalue weighted by molar-refractivity contribution is 5.67. The number of esters is 3. The molecule has 33 heavy (non-hydrogen) atoms. The van der Waals surface area contributed by atoms with Gasteiger partial charge in [0.2, 0.25) is 0 Å². The molecular weight excluding hydrogens is 440 g/mol. The molecule has 3 saturated heterocycles. The topological polar surface area (TPSA) is 125 Å². The van der Waals surface area contributed by atoms with E-state index in [0.717, 1.165) is 0 Å². The zero-order valence-electron chi connectivity index (χ0n) is 19.9. The molecule has 0 aromatic heterocycles. The Labute approximate surface area is 193 Å². The molecule has 3 heterocycles. The summed E-state index contributed by atoms with van der Waals surface area (Å²) in [6.45, 7) is 5.60. The number of rotatable bonds is 8. The van der Waals surface area contributed by atoms with Crippen molar-refractivity contribution in [2.75, 3.05) is 14.2 Å². The third-order valence-electron chi connectivity index (χ3n) is 6.20. The molecule has 9 atom stereocenters. The van der Waals surface area contributed by atoms with Gasteiger partial charge in [0, 0.05) is 54.3 Å². The third-order valence-corrected chi connectivity index (χ3v) is 6.20. The highest BCUT2D eigenvalue weighted by Crippen LogP contribution is 2.42. The van der Waals surface area contributed by atoms with E-state index in [1.165, 1.54) is 27.9 Å². The number of hydrogen-bond donors (Lipinski definition) is 0. The van der Waals surface area contributed by atoms with Gasteiger partial charge in [-0.2, -0.15) is 0 Å². The number of methoxy groups -OCH3 is 2. The molecule has 3 fully saturated rings. The number of carbonyl (C=O) groups excluding carboxylic acids is 3. The molecule has 0 bridgehead atoms. The Morgan fingerprint density at radius 3 is 2.18 bits per heavy atom. The largest absolute Gasteiger partial charge is 0.460 e. The average molecular weight is 475 g/mol. The van der Waals surface area contributed by atoms with Crippen LogP contribution in [0.3, 0.4) is 0 Å². The van der Waals surface area contributed by atoms with E-state index in [1.54, 1.807) is 14.0 Å². The van der Waals surface area contributed by atoms with Gasteiger partial charge in [0.1, 0.15) is 18.3 Å². The molecule has 0 aromatic carbocycles. The van der Waals surface area contributed by atoms with E-state index in [1.807, 2.05) is 0 Å². The predicted octanol–water partition coefficient (Wildman–Crippen LogP) is 1.24. The molecule has 3 aliphatic heterocycles. The zero-order chi connectivity index (χ0) is 24.3. The molecule has 11 nitrogen and oxygen atoms in total. The van der Waals surface area contributed by atoms with Crippen LogP contribution >= 0.6 is 0 Å². The minimum atomic E-state index is -0.982. The summed E-state index contributed by atoms with van der Waals surface area (Å²) in [6, 6.07) is 0. The van der Waals surface area contributed by atoms with E-state index in [-0.39, 0.29) is 6.42 Å². The predicted molar refractivity (Wildman–Crippen MR) is 110 cm³/mol. The first-order valence-electron chi connectivity index (χ1n) is 11.1. The van der Waals surface area contributed by atoms with Crippen molar-refractivity contribution in [1.29, 1.82) is 0 Å². The van der Waals surface area contributed by atoms with Crippen LogP contribution in [0, 0.1) is 0 Å². The fourth-order valence-corrected chi connectivity index (χ4v) is 4.78. The number of hydrogen-bond acceptors (Lipinski definition) is 11. The summed E-state index contributed by atoms with van der Waals surface area (Å²) >= 11 is 0. The quantitative estimate of drug-likeness (QED) is 0.373. The van der Waals surface area contributed by atoms with Gasteiger partial charge in [0.25, 0.3) is 0 Å². The molecule has 0 aromatic rings. The molecule has 0 aliphatic carbocycles. The van der Waals surface area contributed by atoms with Crippen molar-refractivity contribution in [2.24, 2.45) is 0 Å². The SMILES string of the molecule is CO[C@H]1CC[C@@H]([C@@H](C[C@H]2O[C@H]3C[C@](C)(OC)O[C@H]3[C@H](OC(C)=O)[C@@H]2OC(C)=O)OC(C)=O)O1. The molecule has 188 valence electrons. The Morgan fingerprint density at radius 1 is 0.970 bits per heavy atom. The van der Waals surface area contributed by atoms with Crippen molar-refractivity contribution in [3.05, 3.63) is 0 Å². The van der Waals surface area contributed by atoms with Crippen LogP contribution in [0.2, 0.25) is 0 Å². The lowest BCUT2D eigenvalue weighted by molar-refractivity contribution is -0.261. The van der Waals surface area contributed by atoms with Crippen LogP contribution in [0.5, 0.6) is 0 Å². The van der Waals surface area contributed by atoms with Crippen molar-refractivity contribution < 1.29 is 52.3 Å². The van der Waals surface area contributed by atoms with Crippen LogP contribution in [-0.2, 0) is 52.3 Å². The molecule has 11 heteroatoms. The Balaban J connectivity index is 1.88. The van der Waals surface area contributed by atoms with Gasteiger partial charge in [-0.1, -0.05) is 0 Å². The maximum atomic E-state index is 12.0. The fraction of sp³-hybridized carbons (Fsp3) is 0.864. The van der Waals surface area contributed by atoms with Crippen LogP contribution in [0.25, 0.3) is 0 Å². The molecule has 0 N–H and O–H groups in total. The van der Waals surface area contributed by atoms with Gasteiger partial charge in [-0.05, 0) is 13.3 Å². The van der Waals surface area contributed by atoms with Crippen LogP contribution in [0.1, 0.15) is 53.4 Å². The van der Waals surface area contributed by atoms with Gasteiger partial charge in [0.05, 0.1) is 12.2 Å². The Hall–Kier alpha value is -1.79. The second-order valence-electron chi connectivity index (χ2n) is 8.79. The smallest absolute Gasteiger partial charge is 0.303 e. The fourth-order valence-electron chi connectivity index (χ4n) is 4.78. The molecule has 3 rings (SSSR count). The van der Waals surface area contributed by atoms with Crippen molar-refractivity contribution in [3.63, 3.8) is 0 Å². The van der Waals surface area contributed by atoms with Crippen LogP contribution < -0.4 is 0 Å². The molecular formula is C22H34O11. The summed E-state index contributed by atoms with van der Waals surface area (Å²) in [5.41, 5.74) is 0. The Kier molecular flexibility index (Phi) is 8.33. The number of ether oxygens (including phenoxy) is 8. The molecule has 0 amide bonds. The van der Waals surface area contributed by atoms with Crippen molar-refractivity contribution >= 4 is 17.9 Å². The van der Waals surface area contributed by atoms with E-state index in [2.05, 4.69) is 0 Å². The molecule has 0 spiro atoms. The van der Waals surface area contributed by atoms with Crippen molar-refractivity contribution in [3.8, 4) is 0 Å². The van der Waals surface area contributed by atoms with Gasteiger partial charge >= 0.3 is 17.9 Å².